The van der Waals surface area contributed by atoms with Gasteiger partial charge in [0.15, 0.2) is 0 Å². The Balaban J connectivity index is 2.27. The van der Waals surface area contributed by atoms with Crippen LogP contribution in [-0.2, 0) is 19.3 Å². The van der Waals surface area contributed by atoms with Gasteiger partial charge in [-0.05, 0) is 29.8 Å². The van der Waals surface area contributed by atoms with Gasteiger partial charge >= 0.3 is 6.18 Å². The fourth-order valence-electron chi connectivity index (χ4n) is 1.97. The van der Waals surface area contributed by atoms with Gasteiger partial charge in [0.1, 0.15) is 0 Å². The first kappa shape index (κ1) is 16.1. The number of alkyl halides is 3. The van der Waals surface area contributed by atoms with Crippen molar-refractivity contribution in [2.45, 2.75) is 19.3 Å². The standard InChI is InChI=1S/C14H13ClF3NOS/c1-19(7-11-4-5-13(15)21-11)10-3-2-9(8-20)12(6-10)14(16,17)18/h2-6,20H,7-8H2,1H3. The number of nitrogens with zero attached hydrogens (tertiary/aromatic N) is 1. The first-order valence-electron chi connectivity index (χ1n) is 6.07. The lowest BCUT2D eigenvalue weighted by atomic mass is 10.1. The minimum absolute atomic E-state index is 0.126. The van der Waals surface area contributed by atoms with Crippen molar-refractivity contribution < 1.29 is 18.3 Å². The Morgan fingerprint density at radius 1 is 1.24 bits per heavy atom. The summed E-state index contributed by atoms with van der Waals surface area (Å²) in [6, 6.07) is 7.52. The Kier molecular flexibility index (Phi) is 4.81. The Hall–Kier alpha value is -1.24. The highest BCUT2D eigenvalue weighted by Crippen LogP contribution is 2.35. The molecule has 0 unspecified atom stereocenters. The molecule has 0 radical (unpaired) electrons. The number of hydrogen-bond acceptors (Lipinski definition) is 3. The van der Waals surface area contributed by atoms with E-state index in [0.29, 0.717) is 16.6 Å². The number of hydrogen-bond donors (Lipinski definition) is 1. The highest BCUT2D eigenvalue weighted by atomic mass is 35.5. The zero-order chi connectivity index (χ0) is 15.6. The van der Waals surface area contributed by atoms with E-state index in [9.17, 15) is 13.2 Å². The lowest BCUT2D eigenvalue weighted by Crippen LogP contribution is -2.17. The molecule has 2 aromatic rings. The topological polar surface area (TPSA) is 23.5 Å². The predicted molar refractivity (Wildman–Crippen MR) is 78.8 cm³/mol. The van der Waals surface area contributed by atoms with E-state index in [1.807, 2.05) is 6.07 Å². The molecule has 114 valence electrons. The number of aliphatic hydroxyl groups excluding tert-OH is 1. The molecule has 2 nitrogen and oxygen atoms in total. The van der Waals surface area contributed by atoms with Crippen molar-refractivity contribution in [1.82, 2.24) is 0 Å². The van der Waals surface area contributed by atoms with E-state index in [-0.39, 0.29) is 5.56 Å². The van der Waals surface area contributed by atoms with Gasteiger partial charge < -0.3 is 10.0 Å². The molecule has 0 spiro atoms. The summed E-state index contributed by atoms with van der Waals surface area (Å²) in [7, 11) is 1.71. The fourth-order valence-corrected chi connectivity index (χ4v) is 3.11. The van der Waals surface area contributed by atoms with Crippen molar-refractivity contribution in [2.24, 2.45) is 0 Å². The van der Waals surface area contributed by atoms with Gasteiger partial charge in [0.2, 0.25) is 0 Å². The van der Waals surface area contributed by atoms with E-state index >= 15 is 0 Å². The van der Waals surface area contributed by atoms with Crippen LogP contribution in [0.2, 0.25) is 4.34 Å². The van der Waals surface area contributed by atoms with E-state index in [1.54, 1.807) is 24.1 Å². The maximum Gasteiger partial charge on any atom is 0.416 e. The van der Waals surface area contributed by atoms with Gasteiger partial charge in [-0.3, -0.25) is 0 Å². The maximum absolute atomic E-state index is 13.0. The summed E-state index contributed by atoms with van der Waals surface area (Å²) in [6.07, 6.45) is -4.48. The molecule has 0 saturated heterocycles. The summed E-state index contributed by atoms with van der Waals surface area (Å²) < 4.78 is 39.5. The van der Waals surface area contributed by atoms with Crippen LogP contribution in [0.3, 0.4) is 0 Å². The highest BCUT2D eigenvalue weighted by Gasteiger charge is 2.33. The molecular weight excluding hydrogens is 323 g/mol. The number of anilines is 1. The first-order chi connectivity index (χ1) is 9.81. The van der Waals surface area contributed by atoms with Crippen LogP contribution in [0.15, 0.2) is 30.3 Å². The van der Waals surface area contributed by atoms with E-state index in [0.717, 1.165) is 10.9 Å². The summed E-state index contributed by atoms with van der Waals surface area (Å²) in [4.78, 5) is 2.67. The zero-order valence-electron chi connectivity index (χ0n) is 11.1. The summed E-state index contributed by atoms with van der Waals surface area (Å²) in [5.74, 6) is 0. The van der Waals surface area contributed by atoms with Crippen molar-refractivity contribution in [3.8, 4) is 0 Å². The van der Waals surface area contributed by atoms with Gasteiger partial charge in [-0.1, -0.05) is 17.7 Å². The third-order valence-electron chi connectivity index (χ3n) is 3.03. The molecule has 0 aliphatic heterocycles. The first-order valence-corrected chi connectivity index (χ1v) is 7.27. The third kappa shape index (κ3) is 3.90. The molecule has 0 amide bonds. The van der Waals surface area contributed by atoms with Gasteiger partial charge in [0, 0.05) is 17.6 Å². The quantitative estimate of drug-likeness (QED) is 0.886. The van der Waals surface area contributed by atoms with Gasteiger partial charge in [0.05, 0.1) is 23.1 Å². The van der Waals surface area contributed by atoms with Gasteiger partial charge in [0.25, 0.3) is 0 Å². The minimum Gasteiger partial charge on any atom is -0.392 e. The molecule has 0 bridgehead atoms. The van der Waals surface area contributed by atoms with Crippen LogP contribution in [0.25, 0.3) is 0 Å². The van der Waals surface area contributed by atoms with Crippen molar-refractivity contribution in [1.29, 1.82) is 0 Å². The number of halogens is 4. The molecule has 0 atom stereocenters. The zero-order valence-corrected chi connectivity index (χ0v) is 12.7. The smallest absolute Gasteiger partial charge is 0.392 e. The molecule has 0 fully saturated rings. The molecule has 0 saturated carbocycles. The molecule has 0 aliphatic rings. The minimum atomic E-state index is -4.48. The molecular formula is C14H13ClF3NOS. The van der Waals surface area contributed by atoms with E-state index in [2.05, 4.69) is 0 Å². The largest absolute Gasteiger partial charge is 0.416 e. The molecule has 7 heteroatoms. The Labute approximate surface area is 129 Å². The second kappa shape index (κ2) is 6.25. The highest BCUT2D eigenvalue weighted by molar-refractivity contribution is 7.16. The van der Waals surface area contributed by atoms with Crippen LogP contribution in [0.4, 0.5) is 18.9 Å². The molecule has 2 rings (SSSR count). The Morgan fingerprint density at radius 3 is 2.48 bits per heavy atom. The Morgan fingerprint density at radius 2 is 1.95 bits per heavy atom. The maximum atomic E-state index is 13.0. The van der Waals surface area contributed by atoms with E-state index < -0.39 is 18.3 Å². The Bertz CT molecular complexity index is 627. The number of rotatable bonds is 4. The fraction of sp³-hybridized carbons (Fsp3) is 0.286. The number of benzene rings is 1. The summed E-state index contributed by atoms with van der Waals surface area (Å²) in [5, 5.41) is 9.02. The van der Waals surface area contributed by atoms with Gasteiger partial charge in [-0.2, -0.15) is 13.2 Å². The van der Waals surface area contributed by atoms with Crippen LogP contribution in [0.5, 0.6) is 0 Å². The second-order valence-electron chi connectivity index (χ2n) is 4.56. The van der Waals surface area contributed by atoms with E-state index in [1.165, 1.54) is 17.4 Å². The average molecular weight is 336 g/mol. The van der Waals surface area contributed by atoms with Crippen molar-refractivity contribution in [2.75, 3.05) is 11.9 Å². The van der Waals surface area contributed by atoms with Crippen molar-refractivity contribution in [3.63, 3.8) is 0 Å². The van der Waals surface area contributed by atoms with Crippen LogP contribution >= 0.6 is 22.9 Å². The lowest BCUT2D eigenvalue weighted by molar-refractivity contribution is -0.138. The number of thiophene rings is 1. The second-order valence-corrected chi connectivity index (χ2v) is 6.36. The van der Waals surface area contributed by atoms with Crippen molar-refractivity contribution >= 4 is 28.6 Å². The average Bonchev–Trinajstić information content (AvgIpc) is 2.82. The summed E-state index contributed by atoms with van der Waals surface area (Å²) in [6.45, 7) is -0.174. The molecule has 21 heavy (non-hydrogen) atoms. The molecule has 1 aromatic heterocycles. The normalized spacial score (nSPS) is 11.7. The molecule has 1 aromatic carbocycles. The van der Waals surface area contributed by atoms with Gasteiger partial charge in [-0.15, -0.1) is 11.3 Å². The SMILES string of the molecule is CN(Cc1ccc(Cl)s1)c1ccc(CO)c(C(F)(F)F)c1. The summed E-state index contributed by atoms with van der Waals surface area (Å²) in [5.41, 5.74) is -0.499. The molecule has 0 aliphatic carbocycles. The van der Waals surface area contributed by atoms with Gasteiger partial charge in [-0.25, -0.2) is 0 Å². The predicted octanol–water partition coefficient (Wildman–Crippen LogP) is 4.55. The molecule has 1 N–H and O–H groups in total. The monoisotopic (exact) mass is 335 g/mol. The lowest BCUT2D eigenvalue weighted by Gasteiger charge is -2.21. The van der Waals surface area contributed by atoms with Crippen LogP contribution < -0.4 is 4.90 Å². The third-order valence-corrected chi connectivity index (χ3v) is 4.25. The van der Waals surface area contributed by atoms with Crippen LogP contribution in [0, 0.1) is 0 Å². The van der Waals surface area contributed by atoms with Crippen LogP contribution in [0.1, 0.15) is 16.0 Å². The summed E-state index contributed by atoms with van der Waals surface area (Å²) >= 11 is 7.23. The van der Waals surface area contributed by atoms with Crippen LogP contribution in [-0.4, -0.2) is 12.2 Å². The van der Waals surface area contributed by atoms with Crippen molar-refractivity contribution in [3.05, 3.63) is 50.7 Å². The van der Waals surface area contributed by atoms with E-state index in [4.69, 9.17) is 16.7 Å². The number of aliphatic hydroxyl groups is 1. The molecule has 1 heterocycles.